The Kier molecular flexibility index (Phi) is 6.64. The van der Waals surface area contributed by atoms with Gasteiger partial charge in [-0.15, -0.1) is 0 Å². The Balaban J connectivity index is 2.64. The van der Waals surface area contributed by atoms with Gasteiger partial charge in [0.15, 0.2) is 0 Å². The van der Waals surface area contributed by atoms with E-state index >= 15 is 0 Å². The van der Waals surface area contributed by atoms with Crippen LogP contribution in [0.1, 0.15) is 29.8 Å². The average Bonchev–Trinajstić information content (AvgIpc) is 2.36. The molecular weight excluding hydrogens is 316 g/mol. The molecule has 1 aromatic rings. The fourth-order valence-electron chi connectivity index (χ4n) is 1.60. The zero-order valence-electron chi connectivity index (χ0n) is 12.3. The van der Waals surface area contributed by atoms with Crippen LogP contribution in [-0.4, -0.2) is 34.2 Å². The monoisotopic (exact) mass is 334 g/mol. The van der Waals surface area contributed by atoms with Crippen molar-refractivity contribution < 1.29 is 22.7 Å². The second kappa shape index (κ2) is 7.77. The Morgan fingerprint density at radius 3 is 2.48 bits per heavy atom. The van der Waals surface area contributed by atoms with Crippen LogP contribution in [0.5, 0.6) is 0 Å². The maximum Gasteiger partial charge on any atom is 0.338 e. The van der Waals surface area contributed by atoms with Crippen molar-refractivity contribution in [3.8, 4) is 0 Å². The molecule has 0 aromatic heterocycles. The summed E-state index contributed by atoms with van der Waals surface area (Å²) in [4.78, 5) is 11.7. The summed E-state index contributed by atoms with van der Waals surface area (Å²) in [5.74, 6) is -0.192. The molecule has 0 aliphatic heterocycles. The fourth-order valence-corrected chi connectivity index (χ4v) is 2.46. The molecule has 7 heteroatoms. The zero-order valence-corrected chi connectivity index (χ0v) is 13.8. The van der Waals surface area contributed by atoms with Crippen molar-refractivity contribution in [1.82, 2.24) is 0 Å². The summed E-state index contributed by atoms with van der Waals surface area (Å²) in [6, 6.07) is 4.14. The molecule has 0 bridgehead atoms. The smallest absolute Gasteiger partial charge is 0.338 e. The van der Waals surface area contributed by atoms with Gasteiger partial charge in [-0.2, -0.15) is 0 Å². The average molecular weight is 335 g/mol. The number of aryl methyl sites for hydroxylation is 1. The molecule has 0 spiro atoms. The third-order valence-electron chi connectivity index (χ3n) is 2.48. The van der Waals surface area contributed by atoms with Gasteiger partial charge in [0.05, 0.1) is 17.1 Å². The number of carbonyl (C=O) groups excluding carboxylic acids is 1. The molecule has 118 valence electrons. The standard InChI is InChI=1S/C14H19ClO5S/c1-10(2)9-19-4-5-20-14(16)12-6-11(3)7-13(8-12)21(15,17)18/h6-8,10H,4-5,9H2,1-3H3. The minimum Gasteiger partial charge on any atom is -0.460 e. The van der Waals surface area contributed by atoms with E-state index in [0.717, 1.165) is 0 Å². The zero-order chi connectivity index (χ0) is 16.0. The molecule has 0 aliphatic carbocycles. The summed E-state index contributed by atoms with van der Waals surface area (Å²) in [5, 5.41) is 0. The lowest BCUT2D eigenvalue weighted by Gasteiger charge is -2.09. The van der Waals surface area contributed by atoms with Crippen LogP contribution in [0.15, 0.2) is 23.1 Å². The lowest BCUT2D eigenvalue weighted by Crippen LogP contribution is -2.13. The highest BCUT2D eigenvalue weighted by Crippen LogP contribution is 2.19. The van der Waals surface area contributed by atoms with Crippen LogP contribution in [0.3, 0.4) is 0 Å². The molecule has 0 heterocycles. The molecule has 0 amide bonds. The highest BCUT2D eigenvalue weighted by molar-refractivity contribution is 8.13. The molecule has 0 aliphatic rings. The van der Waals surface area contributed by atoms with E-state index in [1.165, 1.54) is 12.1 Å². The summed E-state index contributed by atoms with van der Waals surface area (Å²) in [6.45, 7) is 6.73. The molecule has 0 saturated heterocycles. The largest absolute Gasteiger partial charge is 0.460 e. The van der Waals surface area contributed by atoms with Crippen molar-refractivity contribution in [2.24, 2.45) is 5.92 Å². The molecule has 0 radical (unpaired) electrons. The first-order valence-electron chi connectivity index (χ1n) is 6.51. The quantitative estimate of drug-likeness (QED) is 0.435. The van der Waals surface area contributed by atoms with Crippen molar-refractivity contribution in [3.63, 3.8) is 0 Å². The fraction of sp³-hybridized carbons (Fsp3) is 0.500. The van der Waals surface area contributed by atoms with E-state index in [0.29, 0.717) is 24.7 Å². The first-order valence-corrected chi connectivity index (χ1v) is 8.82. The van der Waals surface area contributed by atoms with Crippen molar-refractivity contribution in [2.45, 2.75) is 25.7 Å². The second-order valence-corrected chi connectivity index (χ2v) is 7.64. The molecule has 0 unspecified atom stereocenters. The van der Waals surface area contributed by atoms with Crippen LogP contribution in [0.2, 0.25) is 0 Å². The van der Waals surface area contributed by atoms with E-state index < -0.39 is 15.0 Å². The molecular formula is C14H19ClO5S. The molecule has 1 aromatic carbocycles. The van der Waals surface area contributed by atoms with Crippen LogP contribution < -0.4 is 0 Å². The van der Waals surface area contributed by atoms with Gasteiger partial charge in [0.1, 0.15) is 6.61 Å². The first-order chi connectivity index (χ1) is 9.70. The number of halogens is 1. The van der Waals surface area contributed by atoms with Crippen LogP contribution >= 0.6 is 10.7 Å². The number of rotatable bonds is 7. The maximum atomic E-state index is 11.9. The summed E-state index contributed by atoms with van der Waals surface area (Å²) < 4.78 is 33.0. The van der Waals surface area contributed by atoms with Crippen molar-refractivity contribution in [3.05, 3.63) is 29.3 Å². The van der Waals surface area contributed by atoms with Gasteiger partial charge in [0, 0.05) is 17.3 Å². The van der Waals surface area contributed by atoms with Crippen molar-refractivity contribution in [2.75, 3.05) is 19.8 Å². The van der Waals surface area contributed by atoms with E-state index in [2.05, 4.69) is 0 Å². The molecule has 21 heavy (non-hydrogen) atoms. The van der Waals surface area contributed by atoms with E-state index in [9.17, 15) is 13.2 Å². The highest BCUT2D eigenvalue weighted by Gasteiger charge is 2.15. The molecule has 1 rings (SSSR count). The molecule has 0 atom stereocenters. The second-order valence-electron chi connectivity index (χ2n) is 5.08. The van der Waals surface area contributed by atoms with Gasteiger partial charge in [-0.25, -0.2) is 13.2 Å². The lowest BCUT2D eigenvalue weighted by molar-refractivity contribution is 0.0277. The summed E-state index contributed by atoms with van der Waals surface area (Å²) in [6.07, 6.45) is 0. The third-order valence-corrected chi connectivity index (χ3v) is 3.81. The Hall–Kier alpha value is -1.11. The Morgan fingerprint density at radius 1 is 1.24 bits per heavy atom. The van der Waals surface area contributed by atoms with E-state index in [1.807, 2.05) is 13.8 Å². The van der Waals surface area contributed by atoms with Gasteiger partial charge >= 0.3 is 5.97 Å². The number of esters is 1. The van der Waals surface area contributed by atoms with Crippen LogP contribution in [0.4, 0.5) is 0 Å². The van der Waals surface area contributed by atoms with Crippen LogP contribution in [0, 0.1) is 12.8 Å². The SMILES string of the molecule is Cc1cc(C(=O)OCCOCC(C)C)cc(S(=O)(=O)Cl)c1. The highest BCUT2D eigenvalue weighted by atomic mass is 35.7. The van der Waals surface area contributed by atoms with Gasteiger partial charge < -0.3 is 9.47 Å². The topological polar surface area (TPSA) is 69.7 Å². The summed E-state index contributed by atoms with van der Waals surface area (Å²) >= 11 is 0. The minimum absolute atomic E-state index is 0.114. The van der Waals surface area contributed by atoms with E-state index in [4.69, 9.17) is 20.2 Å². The molecule has 0 N–H and O–H groups in total. The van der Waals surface area contributed by atoms with Crippen molar-refractivity contribution in [1.29, 1.82) is 0 Å². The lowest BCUT2D eigenvalue weighted by atomic mass is 10.1. The number of hydrogen-bond acceptors (Lipinski definition) is 5. The first kappa shape index (κ1) is 17.9. The number of benzene rings is 1. The number of ether oxygens (including phenoxy) is 2. The molecule has 0 saturated carbocycles. The van der Waals surface area contributed by atoms with Gasteiger partial charge in [0.25, 0.3) is 9.05 Å². The Labute approximate surface area is 129 Å². The Morgan fingerprint density at radius 2 is 1.90 bits per heavy atom. The molecule has 0 fully saturated rings. The minimum atomic E-state index is -3.88. The van der Waals surface area contributed by atoms with Crippen molar-refractivity contribution >= 4 is 25.7 Å². The third kappa shape index (κ3) is 6.46. The molecule has 5 nitrogen and oxygen atoms in total. The summed E-state index contributed by atoms with van der Waals surface area (Å²) in [7, 11) is 1.40. The predicted molar refractivity (Wildman–Crippen MR) is 80.2 cm³/mol. The normalized spacial score (nSPS) is 11.7. The van der Waals surface area contributed by atoms with Gasteiger partial charge in [-0.1, -0.05) is 13.8 Å². The van der Waals surface area contributed by atoms with Crippen LogP contribution in [0.25, 0.3) is 0 Å². The van der Waals surface area contributed by atoms with Gasteiger partial charge in [-0.05, 0) is 36.6 Å². The Bertz CT molecular complexity index is 595. The van der Waals surface area contributed by atoms with E-state index in [-0.39, 0.29) is 17.1 Å². The number of carbonyl (C=O) groups is 1. The van der Waals surface area contributed by atoms with Gasteiger partial charge in [-0.3, -0.25) is 0 Å². The van der Waals surface area contributed by atoms with E-state index in [1.54, 1.807) is 13.0 Å². The maximum absolute atomic E-state index is 11.9. The van der Waals surface area contributed by atoms with Crippen LogP contribution in [-0.2, 0) is 18.5 Å². The number of hydrogen-bond donors (Lipinski definition) is 0. The predicted octanol–water partition coefficient (Wildman–Crippen LogP) is 2.75. The van der Waals surface area contributed by atoms with Gasteiger partial charge in [0.2, 0.25) is 0 Å². The summed E-state index contributed by atoms with van der Waals surface area (Å²) in [5.41, 5.74) is 0.762.